The molecule has 2 N–H and O–H groups in total. The van der Waals surface area contributed by atoms with Crippen LogP contribution in [0.5, 0.6) is 0 Å². The normalized spacial score (nSPS) is 17.8. The molecule has 4 nitrogen and oxygen atoms in total. The van der Waals surface area contributed by atoms with Crippen LogP contribution in [0.4, 0.5) is 0 Å². The molecule has 2 rings (SSSR count). The van der Waals surface area contributed by atoms with Crippen molar-refractivity contribution in [1.29, 1.82) is 0 Å². The Bertz CT molecular complexity index is 372. The lowest BCUT2D eigenvalue weighted by Crippen LogP contribution is -2.46. The van der Waals surface area contributed by atoms with E-state index >= 15 is 0 Å². The largest absolute Gasteiger partial charge is 0.330 e. The van der Waals surface area contributed by atoms with Crippen LogP contribution in [0.3, 0.4) is 0 Å². The average Bonchev–Trinajstić information content (AvgIpc) is 2.41. The number of nitrogens with zero attached hydrogens (tertiary/aromatic N) is 3. The first kappa shape index (κ1) is 14.4. The second-order valence-corrected chi connectivity index (χ2v) is 5.38. The first-order chi connectivity index (χ1) is 9.28. The maximum Gasteiger partial charge on any atom is 0.0547 e. The summed E-state index contributed by atoms with van der Waals surface area (Å²) in [6.07, 6.45) is 2.38. The van der Waals surface area contributed by atoms with E-state index in [0.717, 1.165) is 38.3 Å². The van der Waals surface area contributed by atoms with Gasteiger partial charge < -0.3 is 10.6 Å². The Morgan fingerprint density at radius 2 is 1.84 bits per heavy atom. The average molecular weight is 262 g/mol. The quantitative estimate of drug-likeness (QED) is 0.784. The highest BCUT2D eigenvalue weighted by molar-refractivity contribution is 5.09. The van der Waals surface area contributed by atoms with Gasteiger partial charge in [-0.15, -0.1) is 0 Å². The summed E-state index contributed by atoms with van der Waals surface area (Å²) >= 11 is 0. The van der Waals surface area contributed by atoms with Gasteiger partial charge in [0.2, 0.25) is 0 Å². The summed E-state index contributed by atoms with van der Waals surface area (Å²) in [5, 5.41) is 0. The second kappa shape index (κ2) is 7.58. The summed E-state index contributed by atoms with van der Waals surface area (Å²) in [4.78, 5) is 9.63. The highest BCUT2D eigenvalue weighted by Gasteiger charge is 2.16. The Labute approximate surface area is 116 Å². The molecule has 1 aliphatic rings. The van der Waals surface area contributed by atoms with Crippen molar-refractivity contribution >= 4 is 0 Å². The summed E-state index contributed by atoms with van der Waals surface area (Å²) in [6.45, 7) is 9.72. The number of aryl methyl sites for hydroxylation is 1. The molecule has 1 fully saturated rings. The number of aromatic nitrogens is 1. The molecule has 0 aromatic carbocycles. The van der Waals surface area contributed by atoms with Crippen molar-refractivity contribution < 1.29 is 0 Å². The Morgan fingerprint density at radius 1 is 1.11 bits per heavy atom. The molecule has 2 heterocycles. The van der Waals surface area contributed by atoms with Crippen LogP contribution in [0, 0.1) is 6.92 Å². The predicted molar refractivity (Wildman–Crippen MR) is 79.0 cm³/mol. The predicted octanol–water partition coefficient (Wildman–Crippen LogP) is 1.25. The lowest BCUT2D eigenvalue weighted by molar-refractivity contribution is 0.125. The third kappa shape index (κ3) is 4.90. The van der Waals surface area contributed by atoms with Crippen LogP contribution in [-0.4, -0.2) is 54.1 Å². The molecule has 1 aliphatic heterocycles. The second-order valence-electron chi connectivity index (χ2n) is 5.38. The molecule has 1 aromatic heterocycles. The topological polar surface area (TPSA) is 45.4 Å². The smallest absolute Gasteiger partial charge is 0.0547 e. The maximum absolute atomic E-state index is 5.53. The summed E-state index contributed by atoms with van der Waals surface area (Å²) in [6, 6.07) is 6.28. The highest BCUT2D eigenvalue weighted by Crippen LogP contribution is 2.08. The molecule has 106 valence electrons. The minimum absolute atomic E-state index is 0.818. The van der Waals surface area contributed by atoms with Crippen molar-refractivity contribution in [3.63, 3.8) is 0 Å². The van der Waals surface area contributed by atoms with Gasteiger partial charge in [-0.05, 0) is 45.0 Å². The zero-order chi connectivity index (χ0) is 13.5. The van der Waals surface area contributed by atoms with Gasteiger partial charge in [0.1, 0.15) is 0 Å². The molecule has 0 spiro atoms. The summed E-state index contributed by atoms with van der Waals surface area (Å²) in [5.74, 6) is 0. The number of pyridine rings is 1. The number of unbranched alkanes of at least 4 members (excludes halogenated alkanes) is 1. The van der Waals surface area contributed by atoms with Gasteiger partial charge in [0.05, 0.1) is 5.69 Å². The number of hydrogen-bond donors (Lipinski definition) is 1. The molecular formula is C15H26N4. The minimum Gasteiger partial charge on any atom is -0.330 e. The lowest BCUT2D eigenvalue weighted by Gasteiger charge is -2.34. The Morgan fingerprint density at radius 3 is 2.53 bits per heavy atom. The van der Waals surface area contributed by atoms with E-state index in [1.807, 2.05) is 0 Å². The van der Waals surface area contributed by atoms with E-state index in [2.05, 4.69) is 39.9 Å². The van der Waals surface area contributed by atoms with E-state index in [9.17, 15) is 0 Å². The molecule has 19 heavy (non-hydrogen) atoms. The SMILES string of the molecule is Cc1cccc(CN2CCN(CCCCN)CC2)n1. The van der Waals surface area contributed by atoms with Gasteiger partial charge in [-0.2, -0.15) is 0 Å². The zero-order valence-electron chi connectivity index (χ0n) is 12.0. The van der Waals surface area contributed by atoms with Gasteiger partial charge >= 0.3 is 0 Å². The highest BCUT2D eigenvalue weighted by atomic mass is 15.3. The molecule has 0 atom stereocenters. The third-order valence-electron chi connectivity index (χ3n) is 3.72. The van der Waals surface area contributed by atoms with Crippen LogP contribution in [0.2, 0.25) is 0 Å². The van der Waals surface area contributed by atoms with Gasteiger partial charge in [-0.3, -0.25) is 9.88 Å². The number of hydrogen-bond acceptors (Lipinski definition) is 4. The maximum atomic E-state index is 5.53. The van der Waals surface area contributed by atoms with E-state index in [0.29, 0.717) is 0 Å². The van der Waals surface area contributed by atoms with E-state index in [1.165, 1.54) is 31.7 Å². The lowest BCUT2D eigenvalue weighted by atomic mass is 10.2. The van der Waals surface area contributed by atoms with E-state index in [4.69, 9.17) is 5.73 Å². The molecule has 0 aliphatic carbocycles. The van der Waals surface area contributed by atoms with Crippen LogP contribution < -0.4 is 5.73 Å². The van der Waals surface area contributed by atoms with Crippen LogP contribution in [0.25, 0.3) is 0 Å². The monoisotopic (exact) mass is 262 g/mol. The molecule has 0 amide bonds. The van der Waals surface area contributed by atoms with E-state index in [1.54, 1.807) is 0 Å². The number of piperazine rings is 1. The molecule has 1 saturated heterocycles. The molecule has 4 heteroatoms. The molecule has 0 bridgehead atoms. The van der Waals surface area contributed by atoms with Gasteiger partial charge in [-0.25, -0.2) is 0 Å². The molecular weight excluding hydrogens is 236 g/mol. The molecule has 0 unspecified atom stereocenters. The Kier molecular flexibility index (Phi) is 5.76. The van der Waals surface area contributed by atoms with Crippen molar-refractivity contribution in [2.75, 3.05) is 39.3 Å². The van der Waals surface area contributed by atoms with Crippen LogP contribution in [-0.2, 0) is 6.54 Å². The summed E-state index contributed by atoms with van der Waals surface area (Å²) in [5.41, 5.74) is 7.83. The van der Waals surface area contributed by atoms with E-state index < -0.39 is 0 Å². The zero-order valence-corrected chi connectivity index (χ0v) is 12.0. The van der Waals surface area contributed by atoms with Crippen molar-refractivity contribution in [2.45, 2.75) is 26.3 Å². The van der Waals surface area contributed by atoms with Crippen molar-refractivity contribution in [2.24, 2.45) is 5.73 Å². The first-order valence-corrected chi connectivity index (χ1v) is 7.35. The van der Waals surface area contributed by atoms with Gasteiger partial charge in [0.25, 0.3) is 0 Å². The standard InChI is InChI=1S/C15H26N4/c1-14-5-4-6-15(17-14)13-19-11-9-18(10-12-19)8-3-2-7-16/h4-6H,2-3,7-13,16H2,1H3. The van der Waals surface area contributed by atoms with Crippen molar-refractivity contribution in [3.8, 4) is 0 Å². The van der Waals surface area contributed by atoms with Gasteiger partial charge in [0.15, 0.2) is 0 Å². The van der Waals surface area contributed by atoms with Crippen LogP contribution >= 0.6 is 0 Å². The Hall–Kier alpha value is -0.970. The summed E-state index contributed by atoms with van der Waals surface area (Å²) < 4.78 is 0. The minimum atomic E-state index is 0.818. The first-order valence-electron chi connectivity index (χ1n) is 7.35. The van der Waals surface area contributed by atoms with E-state index in [-0.39, 0.29) is 0 Å². The Balaban J connectivity index is 1.71. The fraction of sp³-hybridized carbons (Fsp3) is 0.667. The van der Waals surface area contributed by atoms with Crippen molar-refractivity contribution in [1.82, 2.24) is 14.8 Å². The van der Waals surface area contributed by atoms with Crippen LogP contribution in [0.1, 0.15) is 24.2 Å². The molecule has 0 saturated carbocycles. The summed E-state index contributed by atoms with van der Waals surface area (Å²) in [7, 11) is 0. The number of rotatable bonds is 6. The molecule has 0 radical (unpaired) electrons. The number of nitrogens with two attached hydrogens (primary N) is 1. The third-order valence-corrected chi connectivity index (χ3v) is 3.72. The fourth-order valence-electron chi connectivity index (χ4n) is 2.57. The van der Waals surface area contributed by atoms with Gasteiger partial charge in [-0.1, -0.05) is 6.07 Å². The molecule has 1 aromatic rings. The van der Waals surface area contributed by atoms with Gasteiger partial charge in [0, 0.05) is 38.4 Å². The fourth-order valence-corrected chi connectivity index (χ4v) is 2.57. The van der Waals surface area contributed by atoms with Crippen molar-refractivity contribution in [3.05, 3.63) is 29.6 Å². The van der Waals surface area contributed by atoms with Crippen LogP contribution in [0.15, 0.2) is 18.2 Å².